The molecule has 0 bridgehead atoms. The summed E-state index contributed by atoms with van der Waals surface area (Å²) in [6.45, 7) is 13.5. The second kappa shape index (κ2) is 8.74. The number of nitrogen functional groups attached to an aromatic ring is 1. The number of amides is 1. The van der Waals surface area contributed by atoms with Crippen LogP contribution in [0.5, 0.6) is 0 Å². The summed E-state index contributed by atoms with van der Waals surface area (Å²) in [7, 11) is 0. The van der Waals surface area contributed by atoms with Crippen LogP contribution in [0.4, 0.5) is 5.82 Å². The molecule has 0 aliphatic heterocycles. The molecule has 1 aromatic carbocycles. The minimum absolute atomic E-state index is 0.0229. The van der Waals surface area contributed by atoms with E-state index in [9.17, 15) is 4.79 Å². The molecule has 6 heteroatoms. The first-order chi connectivity index (χ1) is 12.6. The average molecular weight is 387 g/mol. The molecule has 2 aromatic rings. The molecule has 0 aliphatic rings. The van der Waals surface area contributed by atoms with Crippen molar-refractivity contribution in [3.05, 3.63) is 46.1 Å². The van der Waals surface area contributed by atoms with E-state index in [4.69, 9.17) is 5.73 Å². The molecule has 1 amide bonds. The van der Waals surface area contributed by atoms with E-state index in [1.165, 1.54) is 34.0 Å². The minimum Gasteiger partial charge on any atom is -0.384 e. The first kappa shape index (κ1) is 21.2. The van der Waals surface area contributed by atoms with Crippen molar-refractivity contribution in [2.75, 3.05) is 18.0 Å². The second-order valence-corrected chi connectivity index (χ2v) is 8.89. The fraction of sp³-hybridized carbons (Fsp3) is 0.476. The van der Waals surface area contributed by atoms with Crippen LogP contribution in [0.2, 0.25) is 0 Å². The van der Waals surface area contributed by atoms with Gasteiger partial charge in [-0.15, -0.1) is 0 Å². The molecule has 0 fully saturated rings. The molecular formula is C21H30N4OS. The lowest BCUT2D eigenvalue weighted by Crippen LogP contribution is -2.27. The first-order valence-electron chi connectivity index (χ1n) is 9.17. The Labute approximate surface area is 166 Å². The number of hydrogen-bond donors (Lipinski definition) is 2. The molecule has 27 heavy (non-hydrogen) atoms. The van der Waals surface area contributed by atoms with Crippen molar-refractivity contribution in [1.29, 1.82) is 0 Å². The smallest absolute Gasteiger partial charge is 0.230 e. The average Bonchev–Trinajstić information content (AvgIpc) is 2.53. The molecule has 0 radical (unpaired) electrons. The molecular weight excluding hydrogens is 356 g/mol. The number of aromatic nitrogens is 2. The Morgan fingerprint density at radius 3 is 2.30 bits per heavy atom. The number of hydrogen-bond acceptors (Lipinski definition) is 5. The maximum absolute atomic E-state index is 12.1. The van der Waals surface area contributed by atoms with E-state index in [1.54, 1.807) is 6.07 Å². The molecule has 0 atom stereocenters. The summed E-state index contributed by atoms with van der Waals surface area (Å²) in [5.74, 6) is 0.685. The Bertz CT molecular complexity index is 784. The van der Waals surface area contributed by atoms with Gasteiger partial charge in [0.15, 0.2) is 5.16 Å². The number of nitrogens with zero attached hydrogens (tertiary/aromatic N) is 2. The van der Waals surface area contributed by atoms with Crippen LogP contribution in [-0.4, -0.2) is 28.2 Å². The number of thioether (sulfide) groups is 1. The zero-order valence-corrected chi connectivity index (χ0v) is 18.0. The van der Waals surface area contributed by atoms with Crippen molar-refractivity contribution in [3.8, 4) is 0 Å². The monoisotopic (exact) mass is 386 g/mol. The highest BCUT2D eigenvalue weighted by Crippen LogP contribution is 2.27. The van der Waals surface area contributed by atoms with Gasteiger partial charge >= 0.3 is 0 Å². The topological polar surface area (TPSA) is 80.9 Å². The van der Waals surface area contributed by atoms with E-state index in [2.05, 4.69) is 62.0 Å². The van der Waals surface area contributed by atoms with Crippen molar-refractivity contribution in [3.63, 3.8) is 0 Å². The van der Waals surface area contributed by atoms with Crippen LogP contribution in [0.15, 0.2) is 23.4 Å². The standard InChI is InChI=1S/C21H30N4OS/c1-13-9-16(21(4,5)6)10-14(2)17(13)7-8-23-19(26)12-27-20-24-15(3)11-18(22)25-20/h9-11H,7-8,12H2,1-6H3,(H,23,26)(H2,22,24,25). The van der Waals surface area contributed by atoms with Crippen LogP contribution in [0.3, 0.4) is 0 Å². The Morgan fingerprint density at radius 1 is 1.11 bits per heavy atom. The summed E-state index contributed by atoms with van der Waals surface area (Å²) < 4.78 is 0. The predicted octanol–water partition coefficient (Wildman–Crippen LogP) is 3.73. The van der Waals surface area contributed by atoms with E-state index in [0.717, 1.165) is 12.1 Å². The van der Waals surface area contributed by atoms with Crippen LogP contribution < -0.4 is 11.1 Å². The highest BCUT2D eigenvalue weighted by atomic mass is 32.2. The largest absolute Gasteiger partial charge is 0.384 e. The number of carbonyl (C=O) groups excluding carboxylic acids is 1. The number of aryl methyl sites for hydroxylation is 3. The van der Waals surface area contributed by atoms with Crippen LogP contribution in [0, 0.1) is 20.8 Å². The molecule has 5 nitrogen and oxygen atoms in total. The molecule has 2 rings (SSSR count). The first-order valence-corrected chi connectivity index (χ1v) is 10.2. The van der Waals surface area contributed by atoms with Gasteiger partial charge in [-0.2, -0.15) is 0 Å². The third-order valence-electron chi connectivity index (χ3n) is 4.45. The summed E-state index contributed by atoms with van der Waals surface area (Å²) in [6, 6.07) is 6.23. The lowest BCUT2D eigenvalue weighted by molar-refractivity contribution is -0.118. The Morgan fingerprint density at radius 2 is 1.74 bits per heavy atom. The fourth-order valence-corrected chi connectivity index (χ4v) is 3.70. The summed E-state index contributed by atoms with van der Waals surface area (Å²) in [5.41, 5.74) is 11.9. The Kier molecular flexibility index (Phi) is 6.87. The summed E-state index contributed by atoms with van der Waals surface area (Å²) in [5, 5.41) is 3.52. The Balaban J connectivity index is 1.88. The molecule has 146 valence electrons. The second-order valence-electron chi connectivity index (χ2n) is 7.94. The predicted molar refractivity (Wildman–Crippen MR) is 113 cm³/mol. The van der Waals surface area contributed by atoms with E-state index in [1.807, 2.05) is 6.92 Å². The van der Waals surface area contributed by atoms with E-state index >= 15 is 0 Å². The van der Waals surface area contributed by atoms with Crippen LogP contribution in [-0.2, 0) is 16.6 Å². The quantitative estimate of drug-likeness (QED) is 0.584. The normalized spacial score (nSPS) is 11.5. The van der Waals surface area contributed by atoms with Gasteiger partial charge in [-0.25, -0.2) is 9.97 Å². The van der Waals surface area contributed by atoms with Crippen molar-refractivity contribution in [1.82, 2.24) is 15.3 Å². The highest BCUT2D eigenvalue weighted by Gasteiger charge is 2.16. The SMILES string of the molecule is Cc1cc(N)nc(SCC(=O)NCCc2c(C)cc(C(C)(C)C)cc2C)n1. The number of rotatable bonds is 6. The van der Waals surface area contributed by atoms with E-state index in [0.29, 0.717) is 17.5 Å². The van der Waals surface area contributed by atoms with Gasteiger partial charge in [0.25, 0.3) is 0 Å². The third-order valence-corrected chi connectivity index (χ3v) is 5.29. The third kappa shape index (κ3) is 6.24. The number of nitrogens with one attached hydrogen (secondary N) is 1. The maximum Gasteiger partial charge on any atom is 0.230 e. The van der Waals surface area contributed by atoms with Crippen molar-refractivity contribution in [2.45, 2.75) is 58.5 Å². The zero-order chi connectivity index (χ0) is 20.2. The highest BCUT2D eigenvalue weighted by molar-refractivity contribution is 7.99. The molecule has 0 aliphatic carbocycles. The summed E-state index contributed by atoms with van der Waals surface area (Å²) >= 11 is 1.30. The van der Waals surface area contributed by atoms with E-state index in [-0.39, 0.29) is 17.1 Å². The molecule has 1 aromatic heterocycles. The molecule has 0 unspecified atom stereocenters. The van der Waals surface area contributed by atoms with Gasteiger partial charge in [-0.3, -0.25) is 4.79 Å². The van der Waals surface area contributed by atoms with Gasteiger partial charge in [-0.05, 0) is 54.9 Å². The van der Waals surface area contributed by atoms with Crippen molar-refractivity contribution < 1.29 is 4.79 Å². The molecule has 0 spiro atoms. The fourth-order valence-electron chi connectivity index (χ4n) is 2.96. The van der Waals surface area contributed by atoms with Crippen LogP contribution in [0.25, 0.3) is 0 Å². The molecule has 0 saturated heterocycles. The molecule has 3 N–H and O–H groups in total. The minimum atomic E-state index is -0.0229. The number of nitrogens with two attached hydrogens (primary N) is 1. The Hall–Kier alpha value is -2.08. The molecule has 0 saturated carbocycles. The van der Waals surface area contributed by atoms with Crippen LogP contribution in [0.1, 0.15) is 48.7 Å². The van der Waals surface area contributed by atoms with E-state index < -0.39 is 0 Å². The lowest BCUT2D eigenvalue weighted by atomic mass is 9.83. The summed E-state index contributed by atoms with van der Waals surface area (Å²) in [6.07, 6.45) is 0.826. The number of carbonyl (C=O) groups is 1. The summed E-state index contributed by atoms with van der Waals surface area (Å²) in [4.78, 5) is 20.5. The number of benzene rings is 1. The van der Waals surface area contributed by atoms with Gasteiger partial charge < -0.3 is 11.1 Å². The van der Waals surface area contributed by atoms with Gasteiger partial charge in [0.1, 0.15) is 5.82 Å². The lowest BCUT2D eigenvalue weighted by Gasteiger charge is -2.22. The van der Waals surface area contributed by atoms with Gasteiger partial charge in [0.05, 0.1) is 5.75 Å². The van der Waals surface area contributed by atoms with Crippen molar-refractivity contribution in [2.24, 2.45) is 0 Å². The van der Waals surface area contributed by atoms with Crippen LogP contribution >= 0.6 is 11.8 Å². The van der Waals surface area contributed by atoms with Gasteiger partial charge in [-0.1, -0.05) is 44.7 Å². The molecule has 1 heterocycles. The van der Waals surface area contributed by atoms with Gasteiger partial charge in [0.2, 0.25) is 5.91 Å². The van der Waals surface area contributed by atoms with Gasteiger partial charge in [0, 0.05) is 18.3 Å². The van der Waals surface area contributed by atoms with Crippen molar-refractivity contribution >= 4 is 23.5 Å². The number of anilines is 1. The zero-order valence-electron chi connectivity index (χ0n) is 17.1. The maximum atomic E-state index is 12.1.